The fourth-order valence-corrected chi connectivity index (χ4v) is 6.78. The van der Waals surface area contributed by atoms with E-state index in [0.717, 1.165) is 6.26 Å². The van der Waals surface area contributed by atoms with Crippen LogP contribution in [0.1, 0.15) is 18.4 Å². The number of benzene rings is 3. The van der Waals surface area contributed by atoms with Crippen LogP contribution in [0.15, 0.2) is 77.7 Å². The Morgan fingerprint density at radius 1 is 0.946 bits per heavy atom. The molecule has 0 atom stereocenters. The van der Waals surface area contributed by atoms with Gasteiger partial charge in [0.05, 0.1) is 16.4 Å². The van der Waals surface area contributed by atoms with Gasteiger partial charge in [0, 0.05) is 28.8 Å². The van der Waals surface area contributed by atoms with Crippen molar-refractivity contribution in [2.45, 2.75) is 23.3 Å². The molecule has 1 fully saturated rings. The van der Waals surface area contributed by atoms with Crippen molar-refractivity contribution in [2.24, 2.45) is 5.73 Å². The van der Waals surface area contributed by atoms with Crippen molar-refractivity contribution >= 4 is 42.8 Å². The Hall–Kier alpha value is -3.70. The summed E-state index contributed by atoms with van der Waals surface area (Å²) >= 11 is 0. The third kappa shape index (κ3) is 6.00. The number of amidine groups is 1. The molecule has 0 aliphatic carbocycles. The Bertz CT molecular complexity index is 1550. The number of hydrogen-bond acceptors (Lipinski definition) is 7. The summed E-state index contributed by atoms with van der Waals surface area (Å²) in [5.74, 6) is -0.784. The summed E-state index contributed by atoms with van der Waals surface area (Å²) in [5.41, 5.74) is 7.16. The Balaban J connectivity index is 1.60. The average molecular weight is 541 g/mol. The van der Waals surface area contributed by atoms with Crippen LogP contribution in [-0.2, 0) is 24.5 Å². The van der Waals surface area contributed by atoms with Crippen molar-refractivity contribution in [3.8, 4) is 11.1 Å². The third-order valence-corrected chi connectivity index (χ3v) is 9.22. The molecule has 194 valence electrons. The van der Waals surface area contributed by atoms with Gasteiger partial charge in [-0.3, -0.25) is 10.2 Å². The highest BCUT2D eigenvalue weighted by Crippen LogP contribution is 2.32. The van der Waals surface area contributed by atoms with Gasteiger partial charge in [0.15, 0.2) is 19.7 Å². The summed E-state index contributed by atoms with van der Waals surface area (Å²) in [5, 5.41) is 13.8. The van der Waals surface area contributed by atoms with E-state index >= 15 is 0 Å². The minimum absolute atomic E-state index is 0.0747. The number of carbonyl (C=O) groups is 1. The van der Waals surface area contributed by atoms with E-state index in [1.54, 1.807) is 72.8 Å². The molecule has 0 unspecified atom stereocenters. The molecular formula is C26H28N4O5S2. The summed E-state index contributed by atoms with van der Waals surface area (Å²) in [6.45, 7) is 0. The zero-order valence-electron chi connectivity index (χ0n) is 20.2. The van der Waals surface area contributed by atoms with Gasteiger partial charge < -0.3 is 16.4 Å². The van der Waals surface area contributed by atoms with Crippen molar-refractivity contribution in [2.75, 3.05) is 28.4 Å². The molecule has 4 rings (SSSR count). The zero-order chi connectivity index (χ0) is 26.8. The highest BCUT2D eigenvalue weighted by atomic mass is 32.2. The Morgan fingerprint density at radius 3 is 2.22 bits per heavy atom. The predicted octanol–water partition coefficient (Wildman–Crippen LogP) is 3.04. The smallest absolute Gasteiger partial charge is 0.250 e. The van der Waals surface area contributed by atoms with Crippen LogP contribution in [0, 0.1) is 5.41 Å². The molecule has 1 aliphatic heterocycles. The van der Waals surface area contributed by atoms with Crippen LogP contribution in [0.5, 0.6) is 0 Å². The Morgan fingerprint density at radius 2 is 1.59 bits per heavy atom. The molecule has 3 aromatic carbocycles. The molecule has 11 heteroatoms. The lowest BCUT2D eigenvalue weighted by Gasteiger charge is -2.37. The Kier molecular flexibility index (Phi) is 7.11. The first-order valence-electron chi connectivity index (χ1n) is 11.5. The number of amides is 1. The molecule has 0 radical (unpaired) electrons. The molecule has 3 aromatic rings. The van der Waals surface area contributed by atoms with E-state index < -0.39 is 25.2 Å². The zero-order valence-corrected chi connectivity index (χ0v) is 21.8. The first-order valence-corrected chi connectivity index (χ1v) is 15.2. The highest BCUT2D eigenvalue weighted by molar-refractivity contribution is 7.91. The molecule has 1 heterocycles. The van der Waals surface area contributed by atoms with E-state index in [4.69, 9.17) is 11.1 Å². The SMILES string of the molecule is CS(=O)(=O)c1ccccc1-c1ccc(NC(=O)C2(Nc3cccc(C(=N)N)c3)CCS(=O)(=O)CC2)cc1. The summed E-state index contributed by atoms with van der Waals surface area (Å²) in [6, 6.07) is 20.3. The molecule has 1 aliphatic rings. The largest absolute Gasteiger partial charge is 0.384 e. The van der Waals surface area contributed by atoms with Gasteiger partial charge in [-0.2, -0.15) is 0 Å². The van der Waals surface area contributed by atoms with Crippen molar-refractivity contribution in [1.82, 2.24) is 0 Å². The second-order valence-electron chi connectivity index (χ2n) is 9.15. The number of sulfone groups is 2. The van der Waals surface area contributed by atoms with E-state index in [-0.39, 0.29) is 41.0 Å². The van der Waals surface area contributed by atoms with Gasteiger partial charge in [-0.15, -0.1) is 0 Å². The average Bonchev–Trinajstić information content (AvgIpc) is 2.85. The maximum Gasteiger partial charge on any atom is 0.250 e. The van der Waals surface area contributed by atoms with E-state index in [1.165, 1.54) is 0 Å². The van der Waals surface area contributed by atoms with Gasteiger partial charge >= 0.3 is 0 Å². The summed E-state index contributed by atoms with van der Waals surface area (Å²) in [6.07, 6.45) is 1.31. The second kappa shape index (κ2) is 9.98. The summed E-state index contributed by atoms with van der Waals surface area (Å²) in [4.78, 5) is 13.8. The molecule has 37 heavy (non-hydrogen) atoms. The van der Waals surface area contributed by atoms with Gasteiger partial charge in [0.25, 0.3) is 0 Å². The molecule has 9 nitrogen and oxygen atoms in total. The fourth-order valence-electron chi connectivity index (χ4n) is 4.35. The van der Waals surface area contributed by atoms with Crippen LogP contribution in [0.4, 0.5) is 11.4 Å². The van der Waals surface area contributed by atoms with E-state index in [1.807, 2.05) is 0 Å². The first kappa shape index (κ1) is 26.4. The van der Waals surface area contributed by atoms with Crippen molar-refractivity contribution in [3.05, 3.63) is 78.4 Å². The van der Waals surface area contributed by atoms with Crippen LogP contribution in [-0.4, -0.2) is 51.9 Å². The first-order chi connectivity index (χ1) is 17.4. The maximum atomic E-state index is 13.5. The number of rotatable bonds is 7. The Labute approximate surface area is 216 Å². The van der Waals surface area contributed by atoms with E-state index in [9.17, 15) is 21.6 Å². The third-order valence-electron chi connectivity index (χ3n) is 6.41. The molecule has 0 aromatic heterocycles. The topological polar surface area (TPSA) is 159 Å². The minimum Gasteiger partial charge on any atom is -0.384 e. The molecule has 0 spiro atoms. The molecule has 0 saturated carbocycles. The predicted molar refractivity (Wildman–Crippen MR) is 145 cm³/mol. The number of carbonyl (C=O) groups excluding carboxylic acids is 1. The standard InChI is InChI=1S/C26H28N4O5S2/c1-36(32,33)23-8-3-2-7-22(23)18-9-11-20(12-10-18)29-25(31)26(13-15-37(34,35)16-14-26)30-21-6-4-5-19(17-21)24(27)28/h2-12,17,30H,13-16H2,1H3,(H3,27,28)(H,29,31). The monoisotopic (exact) mass is 540 g/mol. The number of hydrogen-bond donors (Lipinski definition) is 4. The highest BCUT2D eigenvalue weighted by Gasteiger charge is 2.43. The molecule has 5 N–H and O–H groups in total. The van der Waals surface area contributed by atoms with Gasteiger partial charge in [0.1, 0.15) is 11.4 Å². The summed E-state index contributed by atoms with van der Waals surface area (Å²) in [7, 11) is -6.68. The van der Waals surface area contributed by atoms with Crippen LogP contribution in [0.25, 0.3) is 11.1 Å². The fraction of sp³-hybridized carbons (Fsp3) is 0.231. The van der Waals surface area contributed by atoms with Crippen LogP contribution < -0.4 is 16.4 Å². The van der Waals surface area contributed by atoms with Crippen molar-refractivity contribution in [3.63, 3.8) is 0 Å². The van der Waals surface area contributed by atoms with Crippen molar-refractivity contribution in [1.29, 1.82) is 5.41 Å². The lowest BCUT2D eigenvalue weighted by atomic mass is 9.90. The van der Waals surface area contributed by atoms with Crippen LogP contribution in [0.2, 0.25) is 0 Å². The molecular weight excluding hydrogens is 512 g/mol. The molecule has 1 saturated heterocycles. The lowest BCUT2D eigenvalue weighted by Crippen LogP contribution is -2.54. The van der Waals surface area contributed by atoms with Crippen molar-refractivity contribution < 1.29 is 21.6 Å². The minimum atomic E-state index is -3.43. The number of nitrogens with two attached hydrogens (primary N) is 1. The molecule has 0 bridgehead atoms. The number of nitrogen functional groups attached to an aromatic ring is 1. The maximum absolute atomic E-state index is 13.5. The molecule has 1 amide bonds. The second-order valence-corrected chi connectivity index (χ2v) is 13.4. The quantitative estimate of drug-likeness (QED) is 0.265. The number of nitrogens with one attached hydrogen (secondary N) is 3. The van der Waals surface area contributed by atoms with Gasteiger partial charge in [-0.25, -0.2) is 16.8 Å². The number of anilines is 2. The normalized spacial score (nSPS) is 16.5. The lowest BCUT2D eigenvalue weighted by molar-refractivity contribution is -0.120. The van der Waals surface area contributed by atoms with Gasteiger partial charge in [-0.05, 0) is 48.7 Å². The van der Waals surface area contributed by atoms with Gasteiger partial charge in [0.2, 0.25) is 5.91 Å². The van der Waals surface area contributed by atoms with E-state index in [0.29, 0.717) is 28.1 Å². The van der Waals surface area contributed by atoms with Gasteiger partial charge in [-0.1, -0.05) is 42.5 Å². The van der Waals surface area contributed by atoms with E-state index in [2.05, 4.69) is 10.6 Å². The summed E-state index contributed by atoms with van der Waals surface area (Å²) < 4.78 is 48.6. The van der Waals surface area contributed by atoms with Crippen LogP contribution >= 0.6 is 0 Å². The van der Waals surface area contributed by atoms with Crippen LogP contribution in [0.3, 0.4) is 0 Å².